The molecule has 1 saturated heterocycles. The van der Waals surface area contributed by atoms with E-state index in [1.165, 1.54) is 4.80 Å². The molecule has 2 aromatic carbocycles. The largest absolute Gasteiger partial charge is 0.497 e. The van der Waals surface area contributed by atoms with E-state index in [1.807, 2.05) is 59.5 Å². The number of aromatic nitrogens is 4. The van der Waals surface area contributed by atoms with Crippen molar-refractivity contribution < 1.29 is 9.53 Å². The lowest BCUT2D eigenvalue weighted by molar-refractivity contribution is -0.132. The number of amides is 1. The predicted molar refractivity (Wildman–Crippen MR) is 105 cm³/mol. The van der Waals surface area contributed by atoms with Gasteiger partial charge in [-0.25, -0.2) is 0 Å². The molecule has 2 heterocycles. The molecule has 0 aliphatic carbocycles. The summed E-state index contributed by atoms with van der Waals surface area (Å²) in [7, 11) is 1.66. The molecule has 1 aliphatic rings. The number of benzene rings is 2. The van der Waals surface area contributed by atoms with Crippen LogP contribution >= 0.6 is 0 Å². The fraction of sp³-hybridized carbons (Fsp3) is 0.300. The van der Waals surface area contributed by atoms with E-state index in [2.05, 4.69) is 20.3 Å². The number of hydrogen-bond donors (Lipinski definition) is 0. The van der Waals surface area contributed by atoms with Gasteiger partial charge in [0.2, 0.25) is 11.7 Å². The van der Waals surface area contributed by atoms with E-state index in [-0.39, 0.29) is 12.5 Å². The molecule has 0 atom stereocenters. The maximum absolute atomic E-state index is 12.6. The summed E-state index contributed by atoms with van der Waals surface area (Å²) in [6.45, 7) is 3.02. The molecule has 0 spiro atoms. The van der Waals surface area contributed by atoms with Crippen LogP contribution in [0.25, 0.3) is 11.4 Å². The number of rotatable bonds is 5. The van der Waals surface area contributed by atoms with Crippen LogP contribution < -0.4 is 9.64 Å². The Kier molecular flexibility index (Phi) is 5.18. The summed E-state index contributed by atoms with van der Waals surface area (Å²) in [6, 6.07) is 17.6. The molecular weight excluding hydrogens is 356 g/mol. The molecule has 1 amide bonds. The highest BCUT2D eigenvalue weighted by molar-refractivity contribution is 5.76. The van der Waals surface area contributed by atoms with Crippen LogP contribution in [0.1, 0.15) is 0 Å². The van der Waals surface area contributed by atoms with Crippen molar-refractivity contribution in [3.8, 4) is 17.1 Å². The van der Waals surface area contributed by atoms with Gasteiger partial charge in [-0.2, -0.15) is 4.80 Å². The van der Waals surface area contributed by atoms with Gasteiger partial charge < -0.3 is 14.5 Å². The minimum absolute atomic E-state index is 0.00592. The van der Waals surface area contributed by atoms with Crippen molar-refractivity contribution in [3.63, 3.8) is 0 Å². The number of carbonyl (C=O) groups is 1. The van der Waals surface area contributed by atoms with Crippen LogP contribution in [0.4, 0.5) is 5.69 Å². The lowest BCUT2D eigenvalue weighted by Gasteiger charge is -2.36. The molecule has 1 fully saturated rings. The van der Waals surface area contributed by atoms with E-state index in [4.69, 9.17) is 4.74 Å². The fourth-order valence-electron chi connectivity index (χ4n) is 3.24. The van der Waals surface area contributed by atoms with Crippen LogP contribution in [0.5, 0.6) is 5.75 Å². The zero-order valence-corrected chi connectivity index (χ0v) is 15.7. The molecule has 0 unspecified atom stereocenters. The highest BCUT2D eigenvalue weighted by Crippen LogP contribution is 2.20. The van der Waals surface area contributed by atoms with E-state index in [1.54, 1.807) is 7.11 Å². The van der Waals surface area contributed by atoms with Gasteiger partial charge in [-0.05, 0) is 29.5 Å². The highest BCUT2D eigenvalue weighted by atomic mass is 16.5. The summed E-state index contributed by atoms with van der Waals surface area (Å²) in [5.41, 5.74) is 2.02. The van der Waals surface area contributed by atoms with Crippen LogP contribution in [0, 0.1) is 0 Å². The van der Waals surface area contributed by atoms with Gasteiger partial charge in [0.1, 0.15) is 12.3 Å². The number of methoxy groups -OCH3 is 1. The first-order valence-electron chi connectivity index (χ1n) is 9.23. The molecule has 1 aliphatic heterocycles. The Balaban J connectivity index is 1.32. The van der Waals surface area contributed by atoms with Crippen molar-refractivity contribution in [2.75, 3.05) is 38.2 Å². The highest BCUT2D eigenvalue weighted by Gasteiger charge is 2.22. The van der Waals surface area contributed by atoms with E-state index >= 15 is 0 Å². The second kappa shape index (κ2) is 8.08. The van der Waals surface area contributed by atoms with E-state index in [0.717, 1.165) is 30.1 Å². The average molecular weight is 378 g/mol. The number of anilines is 1. The van der Waals surface area contributed by atoms with Crippen molar-refractivity contribution in [2.24, 2.45) is 0 Å². The Morgan fingerprint density at radius 2 is 1.71 bits per heavy atom. The van der Waals surface area contributed by atoms with Gasteiger partial charge in [0.05, 0.1) is 7.11 Å². The van der Waals surface area contributed by atoms with Crippen LogP contribution in [-0.2, 0) is 11.3 Å². The number of ether oxygens (including phenoxy) is 1. The summed E-state index contributed by atoms with van der Waals surface area (Å²) < 4.78 is 5.20. The average Bonchev–Trinajstić information content (AvgIpc) is 3.23. The third kappa shape index (κ3) is 3.95. The van der Waals surface area contributed by atoms with Crippen molar-refractivity contribution in [2.45, 2.75) is 6.54 Å². The Hall–Kier alpha value is -3.42. The fourth-order valence-corrected chi connectivity index (χ4v) is 3.24. The molecule has 0 N–H and O–H groups in total. The molecule has 0 bridgehead atoms. The van der Waals surface area contributed by atoms with Gasteiger partial charge >= 0.3 is 0 Å². The van der Waals surface area contributed by atoms with Crippen molar-refractivity contribution in [1.82, 2.24) is 25.1 Å². The van der Waals surface area contributed by atoms with E-state index in [9.17, 15) is 4.79 Å². The molecular formula is C20H22N6O2. The van der Waals surface area contributed by atoms with Gasteiger partial charge in [0.15, 0.2) is 0 Å². The first kappa shape index (κ1) is 18.0. The summed E-state index contributed by atoms with van der Waals surface area (Å²) in [5, 5.41) is 12.4. The summed E-state index contributed by atoms with van der Waals surface area (Å²) in [5.74, 6) is 1.37. The quantitative estimate of drug-likeness (QED) is 0.673. The van der Waals surface area contributed by atoms with E-state index in [0.29, 0.717) is 18.9 Å². The smallest absolute Gasteiger partial charge is 0.246 e. The lowest BCUT2D eigenvalue weighted by Crippen LogP contribution is -2.49. The predicted octanol–water partition coefficient (Wildman–Crippen LogP) is 1.70. The minimum Gasteiger partial charge on any atom is -0.497 e. The Labute approximate surface area is 163 Å². The minimum atomic E-state index is 0.00592. The van der Waals surface area contributed by atoms with Gasteiger partial charge in [-0.15, -0.1) is 10.2 Å². The lowest BCUT2D eigenvalue weighted by atomic mass is 10.2. The number of carbonyl (C=O) groups excluding carboxylic acids is 1. The zero-order valence-electron chi connectivity index (χ0n) is 15.7. The molecule has 3 aromatic rings. The molecule has 28 heavy (non-hydrogen) atoms. The molecule has 1 aromatic heterocycles. The molecule has 8 heteroatoms. The van der Waals surface area contributed by atoms with Gasteiger partial charge in [-0.1, -0.05) is 30.3 Å². The standard InChI is InChI=1S/C20H22N6O2/c1-28-18-9-7-17(8-10-18)24-11-13-25(14-12-24)19(27)15-26-22-20(21-23-26)16-5-3-2-4-6-16/h2-10H,11-15H2,1H3. The topological polar surface area (TPSA) is 76.4 Å². The maximum atomic E-state index is 12.6. The van der Waals surface area contributed by atoms with Gasteiger partial charge in [0.25, 0.3) is 0 Å². The monoisotopic (exact) mass is 378 g/mol. The number of piperazine rings is 1. The number of nitrogens with zero attached hydrogens (tertiary/aromatic N) is 6. The molecule has 144 valence electrons. The van der Waals surface area contributed by atoms with Crippen LogP contribution in [0.15, 0.2) is 54.6 Å². The molecule has 0 saturated carbocycles. The number of hydrogen-bond acceptors (Lipinski definition) is 6. The van der Waals surface area contributed by atoms with Gasteiger partial charge in [0, 0.05) is 37.4 Å². The summed E-state index contributed by atoms with van der Waals surface area (Å²) in [6.07, 6.45) is 0. The van der Waals surface area contributed by atoms with Crippen molar-refractivity contribution in [3.05, 3.63) is 54.6 Å². The first-order valence-corrected chi connectivity index (χ1v) is 9.23. The Bertz CT molecular complexity index is 917. The second-order valence-corrected chi connectivity index (χ2v) is 6.58. The SMILES string of the molecule is COc1ccc(N2CCN(C(=O)Cn3nnc(-c4ccccc4)n3)CC2)cc1. The summed E-state index contributed by atoms with van der Waals surface area (Å²) in [4.78, 5) is 18.1. The second-order valence-electron chi connectivity index (χ2n) is 6.58. The van der Waals surface area contributed by atoms with Crippen molar-refractivity contribution in [1.29, 1.82) is 0 Å². The maximum Gasteiger partial charge on any atom is 0.246 e. The molecule has 4 rings (SSSR count). The first-order chi connectivity index (χ1) is 13.7. The van der Waals surface area contributed by atoms with Crippen LogP contribution in [-0.4, -0.2) is 64.3 Å². The van der Waals surface area contributed by atoms with Crippen molar-refractivity contribution >= 4 is 11.6 Å². The van der Waals surface area contributed by atoms with Gasteiger partial charge in [-0.3, -0.25) is 4.79 Å². The number of tetrazole rings is 1. The van der Waals surface area contributed by atoms with Crippen LogP contribution in [0.2, 0.25) is 0 Å². The zero-order chi connectivity index (χ0) is 19.3. The molecule has 8 nitrogen and oxygen atoms in total. The Morgan fingerprint density at radius 3 is 2.39 bits per heavy atom. The third-order valence-corrected chi connectivity index (χ3v) is 4.83. The molecule has 0 radical (unpaired) electrons. The van der Waals surface area contributed by atoms with E-state index < -0.39 is 0 Å². The normalized spacial score (nSPS) is 14.2. The summed E-state index contributed by atoms with van der Waals surface area (Å²) >= 11 is 0. The Morgan fingerprint density at radius 1 is 1.00 bits per heavy atom. The third-order valence-electron chi connectivity index (χ3n) is 4.83. The van der Waals surface area contributed by atoms with Crippen LogP contribution in [0.3, 0.4) is 0 Å².